The Morgan fingerprint density at radius 1 is 1.17 bits per heavy atom. The van der Waals surface area contributed by atoms with E-state index in [0.717, 1.165) is 59.2 Å². The van der Waals surface area contributed by atoms with Crippen LogP contribution in [0.4, 0.5) is 9.39 Å². The number of rotatable bonds is 3. The first-order valence-corrected chi connectivity index (χ1v) is 10.7. The Labute approximate surface area is 175 Å². The molecular formula is C22H17ClFN3OS. The van der Waals surface area contributed by atoms with Gasteiger partial charge in [0.15, 0.2) is 0 Å². The van der Waals surface area contributed by atoms with Gasteiger partial charge in [-0.15, -0.1) is 11.3 Å². The number of carbonyl (C=O) groups excluding carboxylic acids is 1. The predicted molar refractivity (Wildman–Crippen MR) is 115 cm³/mol. The van der Waals surface area contributed by atoms with Gasteiger partial charge in [-0.1, -0.05) is 23.7 Å². The number of para-hydroxylation sites is 2. The molecule has 1 aliphatic carbocycles. The Bertz CT molecular complexity index is 1210. The van der Waals surface area contributed by atoms with Gasteiger partial charge < -0.3 is 10.3 Å². The first-order chi connectivity index (χ1) is 14.1. The lowest BCUT2D eigenvalue weighted by Gasteiger charge is -2.12. The van der Waals surface area contributed by atoms with E-state index in [0.29, 0.717) is 0 Å². The van der Waals surface area contributed by atoms with Crippen molar-refractivity contribution in [1.29, 1.82) is 0 Å². The summed E-state index contributed by atoms with van der Waals surface area (Å²) in [6.07, 6.45) is 4.23. The number of nitrogens with one attached hydrogen (secondary N) is 2. The summed E-state index contributed by atoms with van der Waals surface area (Å²) in [6, 6.07) is 11.7. The van der Waals surface area contributed by atoms with Crippen LogP contribution in [0.2, 0.25) is 5.02 Å². The maximum absolute atomic E-state index is 13.4. The number of aromatic nitrogens is 2. The van der Waals surface area contributed by atoms with Crippen LogP contribution >= 0.6 is 22.9 Å². The molecule has 29 heavy (non-hydrogen) atoms. The van der Waals surface area contributed by atoms with Crippen LogP contribution in [-0.4, -0.2) is 15.9 Å². The maximum Gasteiger partial charge on any atom is 0.257 e. The number of imidazole rings is 1. The van der Waals surface area contributed by atoms with E-state index in [-0.39, 0.29) is 16.5 Å². The molecule has 2 N–H and O–H groups in total. The van der Waals surface area contributed by atoms with Crippen LogP contribution in [0.25, 0.3) is 22.4 Å². The fourth-order valence-electron chi connectivity index (χ4n) is 3.82. The second-order valence-electron chi connectivity index (χ2n) is 7.10. The maximum atomic E-state index is 13.4. The lowest BCUT2D eigenvalue weighted by Crippen LogP contribution is -2.12. The highest BCUT2D eigenvalue weighted by Crippen LogP contribution is 2.44. The number of amides is 1. The number of aryl methyl sites for hydroxylation is 1. The SMILES string of the molecule is O=C(Nc1sc2c(c1-c1nc3ccccc3[nH]1)CCCC2)c1ccc(F)cc1Cl. The molecule has 0 unspecified atom stereocenters. The van der Waals surface area contributed by atoms with Crippen LogP contribution in [0.1, 0.15) is 33.6 Å². The van der Waals surface area contributed by atoms with Crippen LogP contribution in [0.15, 0.2) is 42.5 Å². The third kappa shape index (κ3) is 3.32. The second-order valence-corrected chi connectivity index (χ2v) is 8.61. The van der Waals surface area contributed by atoms with Gasteiger partial charge in [0, 0.05) is 4.88 Å². The second kappa shape index (κ2) is 7.28. The van der Waals surface area contributed by atoms with Crippen molar-refractivity contribution in [2.24, 2.45) is 0 Å². The highest BCUT2D eigenvalue weighted by atomic mass is 35.5. The molecule has 0 atom stereocenters. The lowest BCUT2D eigenvalue weighted by atomic mass is 9.95. The molecular weight excluding hydrogens is 409 g/mol. The number of benzene rings is 2. The fraction of sp³-hybridized carbons (Fsp3) is 0.182. The van der Waals surface area contributed by atoms with Crippen molar-refractivity contribution in [2.45, 2.75) is 25.7 Å². The van der Waals surface area contributed by atoms with E-state index in [9.17, 15) is 9.18 Å². The molecule has 0 saturated carbocycles. The number of nitrogens with zero attached hydrogens (tertiary/aromatic N) is 1. The number of halogens is 2. The summed E-state index contributed by atoms with van der Waals surface area (Å²) in [4.78, 5) is 22.3. The van der Waals surface area contributed by atoms with Gasteiger partial charge in [0.05, 0.1) is 27.2 Å². The topological polar surface area (TPSA) is 57.8 Å². The van der Waals surface area contributed by atoms with Crippen LogP contribution in [0, 0.1) is 5.82 Å². The molecule has 0 bridgehead atoms. The molecule has 2 aromatic heterocycles. The molecule has 7 heteroatoms. The van der Waals surface area contributed by atoms with Crippen LogP contribution in [0.3, 0.4) is 0 Å². The van der Waals surface area contributed by atoms with Crippen molar-refractivity contribution < 1.29 is 9.18 Å². The van der Waals surface area contributed by atoms with E-state index in [1.165, 1.54) is 22.6 Å². The molecule has 4 nitrogen and oxygen atoms in total. The highest BCUT2D eigenvalue weighted by Gasteiger charge is 2.25. The Hall–Kier alpha value is -2.70. The summed E-state index contributed by atoms with van der Waals surface area (Å²) in [5.74, 6) is -0.0711. The average molecular weight is 426 g/mol. The number of thiophene rings is 1. The number of aromatic amines is 1. The number of hydrogen-bond acceptors (Lipinski definition) is 3. The van der Waals surface area contributed by atoms with E-state index >= 15 is 0 Å². The van der Waals surface area contributed by atoms with E-state index in [1.807, 2.05) is 24.3 Å². The van der Waals surface area contributed by atoms with Gasteiger partial charge in [0.25, 0.3) is 5.91 Å². The van der Waals surface area contributed by atoms with E-state index in [4.69, 9.17) is 16.6 Å². The van der Waals surface area contributed by atoms with Crippen molar-refractivity contribution >= 4 is 44.9 Å². The number of H-pyrrole nitrogens is 1. The van der Waals surface area contributed by atoms with E-state index in [2.05, 4.69) is 10.3 Å². The third-order valence-electron chi connectivity index (χ3n) is 5.20. The first-order valence-electron chi connectivity index (χ1n) is 9.46. The summed E-state index contributed by atoms with van der Waals surface area (Å²) in [6.45, 7) is 0. The molecule has 1 amide bonds. The summed E-state index contributed by atoms with van der Waals surface area (Å²) in [5, 5.41) is 3.84. The summed E-state index contributed by atoms with van der Waals surface area (Å²) < 4.78 is 13.4. The zero-order valence-electron chi connectivity index (χ0n) is 15.4. The zero-order valence-corrected chi connectivity index (χ0v) is 17.0. The largest absolute Gasteiger partial charge is 0.338 e. The summed E-state index contributed by atoms with van der Waals surface area (Å²) in [7, 11) is 0. The molecule has 5 rings (SSSR count). The Kier molecular flexibility index (Phi) is 4.60. The fourth-order valence-corrected chi connectivity index (χ4v) is 5.36. The molecule has 0 saturated heterocycles. The molecule has 0 radical (unpaired) electrons. The van der Waals surface area contributed by atoms with E-state index in [1.54, 1.807) is 11.3 Å². The molecule has 1 aliphatic rings. The average Bonchev–Trinajstić information content (AvgIpc) is 3.28. The molecule has 0 fully saturated rings. The zero-order chi connectivity index (χ0) is 20.0. The minimum absolute atomic E-state index is 0.0918. The van der Waals surface area contributed by atoms with Crippen molar-refractivity contribution in [1.82, 2.24) is 9.97 Å². The van der Waals surface area contributed by atoms with Gasteiger partial charge in [-0.2, -0.15) is 0 Å². The molecule has 0 aliphatic heterocycles. The quantitative estimate of drug-likeness (QED) is 0.409. The summed E-state index contributed by atoms with van der Waals surface area (Å²) in [5.41, 5.74) is 4.29. The lowest BCUT2D eigenvalue weighted by molar-refractivity contribution is 0.102. The standard InChI is InChI=1S/C22H17ClFN3OS/c23-15-11-12(24)9-10-13(15)21(28)27-22-19(14-5-1-4-8-18(14)29-22)20-25-16-6-2-3-7-17(16)26-20/h2-3,6-7,9-11H,1,4-5,8H2,(H,25,26)(H,27,28). The molecule has 146 valence electrons. The highest BCUT2D eigenvalue weighted by molar-refractivity contribution is 7.17. The number of carbonyl (C=O) groups is 1. The third-order valence-corrected chi connectivity index (χ3v) is 6.72. The molecule has 0 spiro atoms. The Morgan fingerprint density at radius 2 is 2.00 bits per heavy atom. The smallest absolute Gasteiger partial charge is 0.257 e. The first kappa shape index (κ1) is 18.3. The Morgan fingerprint density at radius 3 is 2.83 bits per heavy atom. The molecule has 2 aromatic carbocycles. The van der Waals surface area contributed by atoms with Crippen LogP contribution < -0.4 is 5.32 Å². The minimum atomic E-state index is -0.471. The number of anilines is 1. The number of fused-ring (bicyclic) bond motifs is 2. The predicted octanol–water partition coefficient (Wildman–Crippen LogP) is 6.22. The van der Waals surface area contributed by atoms with Gasteiger partial charge in [-0.3, -0.25) is 4.79 Å². The molecule has 4 aromatic rings. The molecule has 2 heterocycles. The van der Waals surface area contributed by atoms with Crippen molar-refractivity contribution in [2.75, 3.05) is 5.32 Å². The van der Waals surface area contributed by atoms with Gasteiger partial charge in [-0.25, -0.2) is 9.37 Å². The normalized spacial score (nSPS) is 13.4. The van der Waals surface area contributed by atoms with Gasteiger partial charge in [0.2, 0.25) is 0 Å². The monoisotopic (exact) mass is 425 g/mol. The van der Waals surface area contributed by atoms with Crippen molar-refractivity contribution in [3.8, 4) is 11.4 Å². The minimum Gasteiger partial charge on any atom is -0.338 e. The van der Waals surface area contributed by atoms with Gasteiger partial charge in [0.1, 0.15) is 16.6 Å². The number of hydrogen-bond donors (Lipinski definition) is 2. The summed E-state index contributed by atoms with van der Waals surface area (Å²) >= 11 is 7.68. The van der Waals surface area contributed by atoms with Crippen LogP contribution in [0.5, 0.6) is 0 Å². The Balaban J connectivity index is 1.59. The van der Waals surface area contributed by atoms with Gasteiger partial charge >= 0.3 is 0 Å². The van der Waals surface area contributed by atoms with Crippen molar-refractivity contribution in [3.05, 3.63) is 69.3 Å². The van der Waals surface area contributed by atoms with E-state index < -0.39 is 5.82 Å². The van der Waals surface area contributed by atoms with Crippen molar-refractivity contribution in [3.63, 3.8) is 0 Å². The van der Waals surface area contributed by atoms with Gasteiger partial charge in [-0.05, 0) is 61.6 Å². The van der Waals surface area contributed by atoms with Crippen LogP contribution in [-0.2, 0) is 12.8 Å².